The second-order valence-electron chi connectivity index (χ2n) is 7.88. The van der Waals surface area contributed by atoms with E-state index in [0.29, 0.717) is 6.42 Å². The zero-order valence-electron chi connectivity index (χ0n) is 20.2. The summed E-state index contributed by atoms with van der Waals surface area (Å²) in [5, 5.41) is 30.3. The fourth-order valence-electron chi connectivity index (χ4n) is 3.39. The normalized spacial score (nSPS) is 18.4. The lowest BCUT2D eigenvalue weighted by Crippen LogP contribution is -2.59. The van der Waals surface area contributed by atoms with Crippen LogP contribution in [-0.4, -0.2) is 90.0 Å². The Hall–Kier alpha value is -4.12. The topological polar surface area (TPSA) is 250 Å². The molecule has 5 unspecified atom stereocenters. The van der Waals surface area contributed by atoms with Gasteiger partial charge in [-0.1, -0.05) is 18.2 Å². The SMILES string of the molecule is COC1OC(OC)c2cc(CCCOC(=O)C(NC(=O)C(NC(=O)C(N)C(=O)O)C(=O)O)C(=O)O)ccc21. The first-order valence-corrected chi connectivity index (χ1v) is 11.0. The monoisotopic (exact) mass is 541 g/mol. The molecule has 0 bridgehead atoms. The minimum Gasteiger partial charge on any atom is -0.480 e. The van der Waals surface area contributed by atoms with Crippen molar-refractivity contribution in [1.82, 2.24) is 10.6 Å². The zero-order valence-corrected chi connectivity index (χ0v) is 20.2. The van der Waals surface area contributed by atoms with Crippen LogP contribution in [0.1, 0.15) is 35.7 Å². The van der Waals surface area contributed by atoms with E-state index in [1.165, 1.54) is 14.2 Å². The summed E-state index contributed by atoms with van der Waals surface area (Å²) < 4.78 is 21.0. The molecule has 5 atom stereocenters. The number of hydrogen-bond donors (Lipinski definition) is 6. The van der Waals surface area contributed by atoms with Gasteiger partial charge in [-0.05, 0) is 18.4 Å². The van der Waals surface area contributed by atoms with Gasteiger partial charge in [-0.25, -0.2) is 19.2 Å². The number of carbonyl (C=O) groups is 6. The lowest BCUT2D eigenvalue weighted by molar-refractivity contribution is -0.217. The molecule has 2 rings (SSSR count). The van der Waals surface area contributed by atoms with Gasteiger partial charge in [0, 0.05) is 25.3 Å². The first-order valence-electron chi connectivity index (χ1n) is 11.0. The van der Waals surface area contributed by atoms with Crippen molar-refractivity contribution in [2.45, 2.75) is 43.5 Å². The van der Waals surface area contributed by atoms with Crippen molar-refractivity contribution in [3.05, 3.63) is 34.9 Å². The summed E-state index contributed by atoms with van der Waals surface area (Å²) in [6.07, 6.45) is -0.517. The van der Waals surface area contributed by atoms with E-state index in [1.54, 1.807) is 16.7 Å². The molecule has 16 heteroatoms. The summed E-state index contributed by atoms with van der Waals surface area (Å²) >= 11 is 0. The molecule has 1 heterocycles. The van der Waals surface area contributed by atoms with Crippen LogP contribution in [0.25, 0.3) is 0 Å². The lowest BCUT2D eigenvalue weighted by atomic mass is 10.0. The van der Waals surface area contributed by atoms with Crippen molar-refractivity contribution in [3.8, 4) is 0 Å². The highest BCUT2D eigenvalue weighted by atomic mass is 16.8. The predicted octanol–water partition coefficient (Wildman–Crippen LogP) is -1.97. The van der Waals surface area contributed by atoms with Crippen molar-refractivity contribution in [2.75, 3.05) is 20.8 Å². The van der Waals surface area contributed by atoms with Crippen LogP contribution < -0.4 is 16.4 Å². The standard InChI is InChI=1S/C22H27N3O13/c1-35-21-10-6-5-9(8-11(10)22(36-2)38-21)4-3-7-37-20(34)14(19(32)33)25-16(27)13(18(30)31)24-15(26)12(23)17(28)29/h5-6,8,12-14,21-22H,3-4,7,23H2,1-2H3,(H,24,26)(H,25,27)(H,28,29)(H,30,31)(H,32,33). The molecule has 0 spiro atoms. The number of carboxylic acids is 3. The molecule has 7 N–H and O–H groups in total. The minimum absolute atomic E-state index is 0.243. The summed E-state index contributed by atoms with van der Waals surface area (Å²) in [5.41, 5.74) is 7.46. The van der Waals surface area contributed by atoms with Crippen LogP contribution in [0, 0.1) is 0 Å². The average molecular weight is 541 g/mol. The van der Waals surface area contributed by atoms with Gasteiger partial charge in [0.05, 0.1) is 6.61 Å². The summed E-state index contributed by atoms with van der Waals surface area (Å²) in [5.74, 6) is -10.2. The molecule has 1 aliphatic rings. The van der Waals surface area contributed by atoms with Crippen LogP contribution in [0.5, 0.6) is 0 Å². The highest BCUT2D eigenvalue weighted by molar-refractivity contribution is 6.10. The van der Waals surface area contributed by atoms with Crippen molar-refractivity contribution in [2.24, 2.45) is 5.73 Å². The van der Waals surface area contributed by atoms with Crippen LogP contribution in [0.15, 0.2) is 18.2 Å². The molecule has 0 radical (unpaired) electrons. The number of rotatable bonds is 14. The van der Waals surface area contributed by atoms with E-state index in [4.69, 9.17) is 34.9 Å². The zero-order chi connectivity index (χ0) is 28.6. The Labute approximate surface area is 215 Å². The van der Waals surface area contributed by atoms with Gasteiger partial charge in [0.2, 0.25) is 18.0 Å². The number of benzene rings is 1. The van der Waals surface area contributed by atoms with E-state index in [0.717, 1.165) is 16.7 Å². The quantitative estimate of drug-likeness (QED) is 0.0849. The fraction of sp³-hybridized carbons (Fsp3) is 0.455. The van der Waals surface area contributed by atoms with E-state index in [9.17, 15) is 33.9 Å². The summed E-state index contributed by atoms with van der Waals surface area (Å²) in [7, 11) is 2.97. The average Bonchev–Trinajstić information content (AvgIpc) is 3.24. The molecule has 0 aromatic heterocycles. The molecule has 1 aromatic rings. The van der Waals surface area contributed by atoms with Crippen molar-refractivity contribution in [3.63, 3.8) is 0 Å². The molecule has 2 amide bonds. The number of nitrogens with two attached hydrogens (primary N) is 1. The highest BCUT2D eigenvalue weighted by Crippen LogP contribution is 2.40. The number of esters is 1. The Balaban J connectivity index is 1.94. The Morgan fingerprint density at radius 1 is 0.895 bits per heavy atom. The number of fused-ring (bicyclic) bond motifs is 1. The van der Waals surface area contributed by atoms with Crippen LogP contribution in [0.2, 0.25) is 0 Å². The number of carboxylic acid groups (broad SMARTS) is 3. The third-order valence-corrected chi connectivity index (χ3v) is 5.30. The number of carbonyl (C=O) groups excluding carboxylic acids is 3. The van der Waals surface area contributed by atoms with E-state index in [2.05, 4.69) is 0 Å². The molecule has 0 fully saturated rings. The molecule has 16 nitrogen and oxygen atoms in total. The van der Waals surface area contributed by atoms with Gasteiger partial charge in [0.15, 0.2) is 18.6 Å². The fourth-order valence-corrected chi connectivity index (χ4v) is 3.39. The molecule has 1 aromatic carbocycles. The third kappa shape index (κ3) is 7.45. The predicted molar refractivity (Wildman–Crippen MR) is 121 cm³/mol. The third-order valence-electron chi connectivity index (χ3n) is 5.30. The van der Waals surface area contributed by atoms with Crippen molar-refractivity contribution >= 4 is 35.7 Å². The van der Waals surface area contributed by atoms with Gasteiger partial charge in [0.1, 0.15) is 0 Å². The molecule has 0 saturated heterocycles. The molecule has 0 saturated carbocycles. The van der Waals surface area contributed by atoms with Crippen LogP contribution in [0.4, 0.5) is 0 Å². The van der Waals surface area contributed by atoms with Crippen molar-refractivity contribution in [1.29, 1.82) is 0 Å². The molecular weight excluding hydrogens is 514 g/mol. The second-order valence-corrected chi connectivity index (χ2v) is 7.88. The number of ether oxygens (including phenoxy) is 4. The maximum Gasteiger partial charge on any atom is 0.340 e. The number of nitrogens with one attached hydrogen (secondary N) is 2. The molecular formula is C22H27N3O13. The second kappa shape index (κ2) is 13.4. The Kier molecular flexibility index (Phi) is 10.6. The van der Waals surface area contributed by atoms with E-state index in [1.807, 2.05) is 12.1 Å². The maximum atomic E-state index is 12.3. The largest absolute Gasteiger partial charge is 0.480 e. The number of aryl methyl sites for hydroxylation is 1. The molecule has 208 valence electrons. The van der Waals surface area contributed by atoms with E-state index < -0.39 is 66.4 Å². The van der Waals surface area contributed by atoms with Gasteiger partial charge in [0.25, 0.3) is 5.91 Å². The number of amides is 2. The van der Waals surface area contributed by atoms with Gasteiger partial charge in [-0.2, -0.15) is 0 Å². The van der Waals surface area contributed by atoms with Crippen molar-refractivity contribution < 1.29 is 63.0 Å². The minimum atomic E-state index is -2.43. The summed E-state index contributed by atoms with van der Waals surface area (Å²) in [4.78, 5) is 69.7. The molecule has 38 heavy (non-hydrogen) atoms. The van der Waals surface area contributed by atoms with Gasteiger partial charge < -0.3 is 50.6 Å². The van der Waals surface area contributed by atoms with E-state index >= 15 is 0 Å². The van der Waals surface area contributed by atoms with E-state index in [-0.39, 0.29) is 13.0 Å². The maximum absolute atomic E-state index is 12.3. The number of hydrogen-bond acceptors (Lipinski definition) is 11. The van der Waals surface area contributed by atoms with Crippen LogP contribution >= 0.6 is 0 Å². The first-order chi connectivity index (χ1) is 17.9. The van der Waals surface area contributed by atoms with Crippen LogP contribution in [0.3, 0.4) is 0 Å². The Morgan fingerprint density at radius 2 is 1.47 bits per heavy atom. The summed E-state index contributed by atoms with van der Waals surface area (Å²) in [6.45, 7) is -0.243. The summed E-state index contributed by atoms with van der Waals surface area (Å²) in [6, 6.07) is -1.47. The van der Waals surface area contributed by atoms with Gasteiger partial charge in [-0.15, -0.1) is 0 Å². The Bertz CT molecular complexity index is 1090. The van der Waals surface area contributed by atoms with Gasteiger partial charge in [-0.3, -0.25) is 9.59 Å². The first kappa shape index (κ1) is 30.1. The number of aliphatic carboxylic acids is 3. The Morgan fingerprint density at radius 3 is 2.03 bits per heavy atom. The number of methoxy groups -OCH3 is 2. The highest BCUT2D eigenvalue weighted by Gasteiger charge is 2.37. The molecule has 0 aliphatic carbocycles. The lowest BCUT2D eigenvalue weighted by Gasteiger charge is -2.19. The van der Waals surface area contributed by atoms with Gasteiger partial charge >= 0.3 is 23.9 Å². The molecule has 1 aliphatic heterocycles. The smallest absolute Gasteiger partial charge is 0.340 e. The van der Waals surface area contributed by atoms with Crippen LogP contribution in [-0.2, 0) is 54.1 Å².